The highest BCUT2D eigenvalue weighted by molar-refractivity contribution is 7.09. The molecule has 3 aromatic rings. The van der Waals surface area contributed by atoms with Crippen molar-refractivity contribution in [1.82, 2.24) is 29.8 Å². The highest BCUT2D eigenvalue weighted by atomic mass is 32.1. The van der Waals surface area contributed by atoms with Gasteiger partial charge >= 0.3 is 0 Å². The van der Waals surface area contributed by atoms with Crippen molar-refractivity contribution in [1.29, 1.82) is 0 Å². The Balaban J connectivity index is 1.46. The molecule has 0 radical (unpaired) electrons. The van der Waals surface area contributed by atoms with Crippen LogP contribution >= 0.6 is 11.3 Å². The molecule has 0 bridgehead atoms. The van der Waals surface area contributed by atoms with Crippen molar-refractivity contribution in [2.75, 3.05) is 13.1 Å². The van der Waals surface area contributed by atoms with Crippen LogP contribution in [0.1, 0.15) is 40.8 Å². The van der Waals surface area contributed by atoms with E-state index >= 15 is 0 Å². The van der Waals surface area contributed by atoms with Gasteiger partial charge in [0.15, 0.2) is 5.82 Å². The van der Waals surface area contributed by atoms with Gasteiger partial charge in [0, 0.05) is 41.1 Å². The second-order valence-electron chi connectivity index (χ2n) is 6.69. The summed E-state index contributed by atoms with van der Waals surface area (Å²) in [5.74, 6) is 2.21. The monoisotopic (exact) mass is 354 g/mol. The van der Waals surface area contributed by atoms with Crippen LogP contribution in [0, 0.1) is 13.8 Å². The molecule has 1 saturated heterocycles. The van der Waals surface area contributed by atoms with Crippen molar-refractivity contribution in [3.63, 3.8) is 0 Å². The number of thiazole rings is 1. The van der Waals surface area contributed by atoms with Crippen LogP contribution in [0.5, 0.6) is 0 Å². The molecule has 1 aliphatic heterocycles. The number of piperidine rings is 1. The number of aryl methyl sites for hydroxylation is 2. The van der Waals surface area contributed by atoms with E-state index in [0.717, 1.165) is 61.2 Å². The average molecular weight is 354 g/mol. The molecule has 0 aromatic carbocycles. The third kappa shape index (κ3) is 3.77. The van der Waals surface area contributed by atoms with E-state index in [9.17, 15) is 0 Å². The lowest BCUT2D eigenvalue weighted by Gasteiger charge is -2.30. The van der Waals surface area contributed by atoms with Crippen molar-refractivity contribution in [3.05, 3.63) is 46.1 Å². The normalized spacial score (nSPS) is 16.4. The Morgan fingerprint density at radius 1 is 1.20 bits per heavy atom. The molecular formula is C18H22N6S. The van der Waals surface area contributed by atoms with Crippen molar-refractivity contribution in [3.8, 4) is 11.5 Å². The molecule has 0 saturated carbocycles. The Kier molecular flexibility index (Phi) is 4.59. The average Bonchev–Trinajstić information content (AvgIpc) is 3.27. The fourth-order valence-electron chi connectivity index (χ4n) is 3.33. The van der Waals surface area contributed by atoms with Gasteiger partial charge in [-0.05, 0) is 45.8 Å². The Morgan fingerprint density at radius 3 is 2.72 bits per heavy atom. The molecule has 6 nitrogen and oxygen atoms in total. The molecule has 0 aliphatic carbocycles. The molecule has 1 aliphatic rings. The van der Waals surface area contributed by atoms with Gasteiger partial charge in [-0.2, -0.15) is 0 Å². The third-order valence-electron chi connectivity index (χ3n) is 4.63. The Bertz CT molecular complexity index is 833. The van der Waals surface area contributed by atoms with Crippen molar-refractivity contribution >= 4 is 11.3 Å². The number of imidazole rings is 1. The van der Waals surface area contributed by atoms with Crippen LogP contribution in [0.2, 0.25) is 0 Å². The van der Waals surface area contributed by atoms with Crippen LogP contribution in [0.4, 0.5) is 0 Å². The minimum absolute atomic E-state index is 0.424. The summed E-state index contributed by atoms with van der Waals surface area (Å²) in [6, 6.07) is 2.00. The largest absolute Gasteiger partial charge is 0.341 e. The van der Waals surface area contributed by atoms with Gasteiger partial charge in [-0.25, -0.2) is 15.0 Å². The van der Waals surface area contributed by atoms with Gasteiger partial charge < -0.3 is 4.98 Å². The molecule has 7 heteroatoms. The molecule has 4 heterocycles. The lowest BCUT2D eigenvalue weighted by atomic mass is 9.95. The van der Waals surface area contributed by atoms with Crippen LogP contribution in [0.25, 0.3) is 11.5 Å². The van der Waals surface area contributed by atoms with Crippen LogP contribution in [0.3, 0.4) is 0 Å². The lowest BCUT2D eigenvalue weighted by molar-refractivity contribution is 0.203. The number of aromatic amines is 1. The molecule has 1 fully saturated rings. The first-order valence-corrected chi connectivity index (χ1v) is 9.52. The van der Waals surface area contributed by atoms with Gasteiger partial charge in [-0.1, -0.05) is 0 Å². The van der Waals surface area contributed by atoms with Crippen molar-refractivity contribution < 1.29 is 0 Å². The first kappa shape index (κ1) is 16.4. The number of hydrogen-bond donors (Lipinski definition) is 1. The van der Waals surface area contributed by atoms with E-state index in [2.05, 4.69) is 19.9 Å². The zero-order valence-electron chi connectivity index (χ0n) is 14.6. The van der Waals surface area contributed by atoms with E-state index in [1.54, 1.807) is 11.3 Å². The van der Waals surface area contributed by atoms with Crippen LogP contribution in [0.15, 0.2) is 24.0 Å². The van der Waals surface area contributed by atoms with E-state index < -0.39 is 0 Å². The number of nitrogens with zero attached hydrogens (tertiary/aromatic N) is 5. The molecule has 0 spiro atoms. The highest BCUT2D eigenvalue weighted by Gasteiger charge is 2.24. The number of H-pyrrole nitrogens is 1. The van der Waals surface area contributed by atoms with E-state index in [1.807, 2.05) is 37.8 Å². The molecule has 130 valence electrons. The molecular weight excluding hydrogens is 332 g/mol. The summed E-state index contributed by atoms with van der Waals surface area (Å²) in [6.07, 6.45) is 6.00. The van der Waals surface area contributed by atoms with Crippen LogP contribution in [-0.4, -0.2) is 42.9 Å². The van der Waals surface area contributed by atoms with Gasteiger partial charge in [-0.15, -0.1) is 11.3 Å². The van der Waals surface area contributed by atoms with Gasteiger partial charge in [-0.3, -0.25) is 9.88 Å². The first-order chi connectivity index (χ1) is 12.2. The Morgan fingerprint density at radius 2 is 2.04 bits per heavy atom. The zero-order valence-corrected chi connectivity index (χ0v) is 15.4. The second kappa shape index (κ2) is 7.01. The van der Waals surface area contributed by atoms with Crippen LogP contribution < -0.4 is 0 Å². The fourth-order valence-corrected chi connectivity index (χ4v) is 3.96. The molecule has 25 heavy (non-hydrogen) atoms. The maximum absolute atomic E-state index is 4.81. The van der Waals surface area contributed by atoms with Crippen LogP contribution in [-0.2, 0) is 6.54 Å². The zero-order chi connectivity index (χ0) is 17.2. The summed E-state index contributed by atoms with van der Waals surface area (Å²) in [7, 11) is 0. The third-order valence-corrected chi connectivity index (χ3v) is 5.40. The highest BCUT2D eigenvalue weighted by Crippen LogP contribution is 2.28. The number of likely N-dealkylation sites (tertiary alicyclic amines) is 1. The summed E-state index contributed by atoms with van der Waals surface area (Å²) in [4.78, 5) is 25.2. The summed E-state index contributed by atoms with van der Waals surface area (Å²) >= 11 is 1.73. The minimum atomic E-state index is 0.424. The maximum atomic E-state index is 4.81. The molecule has 3 aromatic heterocycles. The summed E-state index contributed by atoms with van der Waals surface area (Å²) < 4.78 is 0. The smallest absolute Gasteiger partial charge is 0.156 e. The predicted octanol–water partition coefficient (Wildman–Crippen LogP) is 3.32. The Labute approximate surface area is 151 Å². The number of aromatic nitrogens is 5. The summed E-state index contributed by atoms with van der Waals surface area (Å²) in [5.41, 5.74) is 4.84. The minimum Gasteiger partial charge on any atom is -0.341 e. The molecule has 0 amide bonds. The first-order valence-electron chi connectivity index (χ1n) is 8.64. The molecule has 1 N–H and O–H groups in total. The molecule has 0 unspecified atom stereocenters. The van der Waals surface area contributed by atoms with E-state index in [0.29, 0.717) is 5.92 Å². The van der Waals surface area contributed by atoms with E-state index in [-0.39, 0.29) is 0 Å². The van der Waals surface area contributed by atoms with Crippen molar-refractivity contribution in [2.45, 2.75) is 39.2 Å². The molecule has 4 rings (SSSR count). The second-order valence-corrected chi connectivity index (χ2v) is 7.66. The van der Waals surface area contributed by atoms with E-state index in [4.69, 9.17) is 9.97 Å². The van der Waals surface area contributed by atoms with Crippen molar-refractivity contribution in [2.24, 2.45) is 0 Å². The quantitative estimate of drug-likeness (QED) is 0.778. The van der Waals surface area contributed by atoms with E-state index in [1.165, 1.54) is 4.88 Å². The van der Waals surface area contributed by atoms with Gasteiger partial charge in [0.25, 0.3) is 0 Å². The van der Waals surface area contributed by atoms with Gasteiger partial charge in [0.1, 0.15) is 11.5 Å². The number of rotatable bonds is 4. The number of nitrogens with one attached hydrogen (secondary N) is 1. The standard InChI is InChI=1S/C18H22N6S/c1-12-7-16(18-20-8-13(2)22-18)23-17(21-12)14-3-5-24(6-4-14)10-15-9-19-11-25-15/h7-9,11,14H,3-6,10H2,1-2H3,(H,20,22). The summed E-state index contributed by atoms with van der Waals surface area (Å²) in [5, 5.41) is 0. The summed E-state index contributed by atoms with van der Waals surface area (Å²) in [6.45, 7) is 7.20. The SMILES string of the molecule is Cc1cc(-c2ncc(C)[nH]2)nc(C2CCN(Cc3cncs3)CC2)n1. The molecule has 0 atom stereocenters. The predicted molar refractivity (Wildman–Crippen MR) is 98.5 cm³/mol. The number of hydrogen-bond acceptors (Lipinski definition) is 6. The lowest BCUT2D eigenvalue weighted by Crippen LogP contribution is -2.32. The topological polar surface area (TPSA) is 70.6 Å². The maximum Gasteiger partial charge on any atom is 0.156 e. The van der Waals surface area contributed by atoms with Gasteiger partial charge in [0.05, 0.1) is 5.51 Å². The van der Waals surface area contributed by atoms with Gasteiger partial charge in [0.2, 0.25) is 0 Å². The fraction of sp³-hybridized carbons (Fsp3) is 0.444. The Hall–Kier alpha value is -2.12.